The number of benzene rings is 1. The molecule has 1 amide bonds. The van der Waals surface area contributed by atoms with Gasteiger partial charge in [0.25, 0.3) is 0 Å². The molecular formula is C12H17BrN2O4. The Morgan fingerprint density at radius 1 is 1.37 bits per heavy atom. The van der Waals surface area contributed by atoms with Crippen LogP contribution in [0.1, 0.15) is 11.6 Å². The number of hydrogen-bond donors (Lipinski definition) is 2. The molecule has 1 rings (SSSR count). The van der Waals surface area contributed by atoms with Crippen molar-refractivity contribution in [1.29, 1.82) is 0 Å². The van der Waals surface area contributed by atoms with Gasteiger partial charge in [-0.1, -0.05) is 15.9 Å². The van der Waals surface area contributed by atoms with Gasteiger partial charge in [-0.05, 0) is 6.07 Å². The largest absolute Gasteiger partial charge is 0.497 e. The van der Waals surface area contributed by atoms with Crippen LogP contribution < -0.4 is 20.9 Å². The summed E-state index contributed by atoms with van der Waals surface area (Å²) in [4.78, 5) is 10.6. The van der Waals surface area contributed by atoms with Crippen molar-refractivity contribution >= 4 is 21.8 Å². The Kier molecular flexibility index (Phi) is 6.07. The predicted octanol–water partition coefficient (Wildman–Crippen LogP) is 0.968. The molecule has 1 aromatic rings. The van der Waals surface area contributed by atoms with E-state index < -0.39 is 11.9 Å². The van der Waals surface area contributed by atoms with Crippen LogP contribution in [0.25, 0.3) is 0 Å². The van der Waals surface area contributed by atoms with Crippen molar-refractivity contribution < 1.29 is 19.0 Å². The van der Waals surface area contributed by atoms with Gasteiger partial charge in [-0.25, -0.2) is 0 Å². The van der Waals surface area contributed by atoms with Crippen molar-refractivity contribution in [1.82, 2.24) is 0 Å². The van der Waals surface area contributed by atoms with Crippen LogP contribution >= 0.6 is 15.9 Å². The first-order chi connectivity index (χ1) is 8.99. The molecule has 19 heavy (non-hydrogen) atoms. The van der Waals surface area contributed by atoms with E-state index in [9.17, 15) is 4.79 Å². The van der Waals surface area contributed by atoms with E-state index in [4.69, 9.17) is 25.7 Å². The zero-order chi connectivity index (χ0) is 14.4. The van der Waals surface area contributed by atoms with Crippen LogP contribution in [0.4, 0.5) is 0 Å². The quantitative estimate of drug-likeness (QED) is 0.775. The molecule has 0 aromatic heterocycles. The van der Waals surface area contributed by atoms with Crippen LogP contribution in [0.5, 0.6) is 11.5 Å². The first-order valence-electron chi connectivity index (χ1n) is 5.52. The Bertz CT molecular complexity index is 454. The minimum atomic E-state index is -0.534. The molecule has 4 N–H and O–H groups in total. The van der Waals surface area contributed by atoms with Crippen molar-refractivity contribution in [3.63, 3.8) is 0 Å². The van der Waals surface area contributed by atoms with Gasteiger partial charge in [0.05, 0.1) is 26.9 Å². The molecule has 6 nitrogen and oxygen atoms in total. The van der Waals surface area contributed by atoms with Gasteiger partial charge in [-0.3, -0.25) is 4.79 Å². The van der Waals surface area contributed by atoms with E-state index in [0.29, 0.717) is 11.5 Å². The molecule has 0 fully saturated rings. The lowest BCUT2D eigenvalue weighted by Crippen LogP contribution is -2.24. The number of carbonyl (C=O) groups is 1. The topological polar surface area (TPSA) is 96.8 Å². The minimum absolute atomic E-state index is 0.157. The highest BCUT2D eigenvalue weighted by Gasteiger charge is 2.18. The molecule has 1 atom stereocenters. The summed E-state index contributed by atoms with van der Waals surface area (Å²) in [5, 5.41) is 0. The average molecular weight is 333 g/mol. The Labute approximate surface area is 120 Å². The fourth-order valence-corrected chi connectivity index (χ4v) is 2.30. The van der Waals surface area contributed by atoms with Crippen LogP contribution in [0, 0.1) is 0 Å². The van der Waals surface area contributed by atoms with Gasteiger partial charge in [0.2, 0.25) is 5.91 Å². The molecule has 0 saturated carbocycles. The van der Waals surface area contributed by atoms with Crippen LogP contribution in [0.2, 0.25) is 0 Å². The van der Waals surface area contributed by atoms with Crippen LogP contribution in [0.15, 0.2) is 16.6 Å². The first kappa shape index (κ1) is 15.7. The number of primary amides is 1. The van der Waals surface area contributed by atoms with Gasteiger partial charge in [0, 0.05) is 16.1 Å². The number of rotatable bonds is 7. The maximum absolute atomic E-state index is 10.6. The van der Waals surface area contributed by atoms with Crippen LogP contribution in [-0.4, -0.2) is 33.3 Å². The Morgan fingerprint density at radius 2 is 2.05 bits per heavy atom. The molecule has 1 aromatic carbocycles. The lowest BCUT2D eigenvalue weighted by atomic mass is 10.1. The van der Waals surface area contributed by atoms with Crippen LogP contribution in [-0.2, 0) is 9.53 Å². The average Bonchev–Trinajstić information content (AvgIpc) is 2.36. The predicted molar refractivity (Wildman–Crippen MR) is 74.2 cm³/mol. The van der Waals surface area contributed by atoms with Gasteiger partial charge in [0.15, 0.2) is 0 Å². The molecule has 0 aliphatic carbocycles. The second-order valence-electron chi connectivity index (χ2n) is 3.81. The molecule has 7 heteroatoms. The number of nitrogens with two attached hydrogens (primary N) is 2. The fourth-order valence-electron chi connectivity index (χ4n) is 1.59. The molecule has 0 bridgehead atoms. The summed E-state index contributed by atoms with van der Waals surface area (Å²) in [7, 11) is 3.11. The van der Waals surface area contributed by atoms with E-state index in [0.717, 1.165) is 10.0 Å². The molecule has 1 unspecified atom stereocenters. The number of ether oxygens (including phenoxy) is 3. The minimum Gasteiger partial charge on any atom is -0.497 e. The maximum atomic E-state index is 10.6. The third-order valence-corrected chi connectivity index (χ3v) is 3.09. The number of amides is 1. The highest BCUT2D eigenvalue weighted by Crippen LogP contribution is 2.35. The van der Waals surface area contributed by atoms with Crippen molar-refractivity contribution in [2.75, 3.05) is 27.4 Å². The third kappa shape index (κ3) is 4.38. The van der Waals surface area contributed by atoms with E-state index in [1.54, 1.807) is 26.4 Å². The van der Waals surface area contributed by atoms with Gasteiger partial charge in [0.1, 0.15) is 18.1 Å². The Morgan fingerprint density at radius 3 is 2.58 bits per heavy atom. The molecule has 0 aliphatic rings. The summed E-state index contributed by atoms with van der Waals surface area (Å²) in [6, 6.07) is 3.06. The lowest BCUT2D eigenvalue weighted by molar-refractivity contribution is -0.122. The highest BCUT2D eigenvalue weighted by atomic mass is 79.9. The molecule has 0 spiro atoms. The van der Waals surface area contributed by atoms with Gasteiger partial charge >= 0.3 is 0 Å². The fraction of sp³-hybridized carbons (Fsp3) is 0.417. The standard InChI is InChI=1S/C12H17BrN2O4/c1-17-7-3-8(13)12(10(4-7)18-2)9(14)5-19-6-11(15)16/h3-4,9H,5-6,14H2,1-2H3,(H2,15,16). The summed E-state index contributed by atoms with van der Waals surface area (Å²) >= 11 is 3.41. The van der Waals surface area contributed by atoms with E-state index in [-0.39, 0.29) is 13.2 Å². The summed E-state index contributed by atoms with van der Waals surface area (Å²) in [5.41, 5.74) is 11.8. The highest BCUT2D eigenvalue weighted by molar-refractivity contribution is 9.10. The monoisotopic (exact) mass is 332 g/mol. The summed E-state index contributed by atoms with van der Waals surface area (Å²) in [6.45, 7) is -0.00593. The second-order valence-corrected chi connectivity index (χ2v) is 4.67. The smallest absolute Gasteiger partial charge is 0.243 e. The SMILES string of the molecule is COc1cc(Br)c(C(N)COCC(N)=O)c(OC)c1. The molecule has 0 aliphatic heterocycles. The Hall–Kier alpha value is -1.31. The number of hydrogen-bond acceptors (Lipinski definition) is 5. The zero-order valence-electron chi connectivity index (χ0n) is 10.8. The molecular weight excluding hydrogens is 316 g/mol. The summed E-state index contributed by atoms with van der Waals surface area (Å²) in [6.07, 6.45) is 0. The molecule has 106 valence electrons. The first-order valence-corrected chi connectivity index (χ1v) is 6.32. The number of halogens is 1. The lowest BCUT2D eigenvalue weighted by Gasteiger charge is -2.18. The van der Waals surface area contributed by atoms with E-state index in [1.807, 2.05) is 0 Å². The number of methoxy groups -OCH3 is 2. The van der Waals surface area contributed by atoms with Gasteiger partial charge in [-0.15, -0.1) is 0 Å². The molecule has 0 saturated heterocycles. The van der Waals surface area contributed by atoms with Crippen molar-refractivity contribution in [2.24, 2.45) is 11.5 Å². The van der Waals surface area contributed by atoms with Gasteiger partial charge < -0.3 is 25.7 Å². The van der Waals surface area contributed by atoms with Crippen LogP contribution in [0.3, 0.4) is 0 Å². The summed E-state index contributed by atoms with van der Waals surface area (Å²) in [5.74, 6) is 0.701. The van der Waals surface area contributed by atoms with Crippen molar-refractivity contribution in [3.8, 4) is 11.5 Å². The second kappa shape index (κ2) is 7.32. The van der Waals surface area contributed by atoms with Crippen molar-refractivity contribution in [2.45, 2.75) is 6.04 Å². The summed E-state index contributed by atoms with van der Waals surface area (Å²) < 4.78 is 16.3. The maximum Gasteiger partial charge on any atom is 0.243 e. The van der Waals surface area contributed by atoms with E-state index >= 15 is 0 Å². The zero-order valence-corrected chi connectivity index (χ0v) is 12.4. The molecule has 0 heterocycles. The normalized spacial score (nSPS) is 12.0. The van der Waals surface area contributed by atoms with E-state index in [1.165, 1.54) is 0 Å². The molecule has 0 radical (unpaired) electrons. The van der Waals surface area contributed by atoms with Crippen molar-refractivity contribution in [3.05, 3.63) is 22.2 Å². The van der Waals surface area contributed by atoms with E-state index in [2.05, 4.69) is 15.9 Å². The van der Waals surface area contributed by atoms with Gasteiger partial charge in [-0.2, -0.15) is 0 Å². The Balaban J connectivity index is 2.88. The number of carbonyl (C=O) groups excluding carboxylic acids is 1. The third-order valence-electron chi connectivity index (χ3n) is 2.43.